The number of H-pyrrole nitrogens is 3. The normalized spacial score (nSPS) is 11.4. The van der Waals surface area contributed by atoms with E-state index in [9.17, 15) is 0 Å². The summed E-state index contributed by atoms with van der Waals surface area (Å²) in [6.45, 7) is 0. The predicted molar refractivity (Wildman–Crippen MR) is 112 cm³/mol. The van der Waals surface area contributed by atoms with Gasteiger partial charge in [-0.15, -0.1) is 0 Å². The van der Waals surface area contributed by atoms with Crippen LogP contribution in [0.1, 0.15) is 0 Å². The number of rotatable bonds is 3. The van der Waals surface area contributed by atoms with E-state index in [-0.39, 0.29) is 0 Å². The van der Waals surface area contributed by atoms with Crippen molar-refractivity contribution in [1.29, 1.82) is 0 Å². The molecule has 7 nitrogen and oxygen atoms in total. The molecule has 0 bridgehead atoms. The van der Waals surface area contributed by atoms with E-state index in [1.807, 2.05) is 48.8 Å². The molecular weight excluding hydrogens is 362 g/mol. The Morgan fingerprint density at radius 2 is 1.86 bits per heavy atom. The van der Waals surface area contributed by atoms with E-state index in [0.717, 1.165) is 55.8 Å². The maximum absolute atomic E-state index is 4.82. The van der Waals surface area contributed by atoms with E-state index in [1.54, 1.807) is 6.20 Å². The van der Waals surface area contributed by atoms with Crippen LogP contribution in [0.15, 0.2) is 73.2 Å². The van der Waals surface area contributed by atoms with Crippen molar-refractivity contribution in [2.75, 3.05) is 0 Å². The summed E-state index contributed by atoms with van der Waals surface area (Å²) in [5.74, 6) is 0. The van der Waals surface area contributed by atoms with Gasteiger partial charge in [0.2, 0.25) is 0 Å². The van der Waals surface area contributed by atoms with Crippen LogP contribution >= 0.6 is 0 Å². The molecule has 0 aliphatic heterocycles. The lowest BCUT2D eigenvalue weighted by Crippen LogP contribution is -1.84. The standard InChI is InChI=1S/C22H15N7/c1-2-9-23-17(5-1)14-4-3-6-18-15(14)10-20(26-18)22-21-19(28-29-22)8-7-16(27-21)13-11-24-25-12-13/h1-12,26H,(H,24,25)(H,28,29). The highest BCUT2D eigenvalue weighted by atomic mass is 15.1. The summed E-state index contributed by atoms with van der Waals surface area (Å²) in [4.78, 5) is 12.8. The molecule has 6 aromatic rings. The van der Waals surface area contributed by atoms with Crippen LogP contribution in [0.5, 0.6) is 0 Å². The Labute approximate surface area is 164 Å². The molecule has 0 radical (unpaired) electrons. The molecular formula is C22H15N7. The first kappa shape index (κ1) is 15.8. The first-order valence-electron chi connectivity index (χ1n) is 9.24. The zero-order valence-corrected chi connectivity index (χ0v) is 15.2. The number of aromatic amines is 3. The van der Waals surface area contributed by atoms with Crippen molar-refractivity contribution in [3.05, 3.63) is 73.2 Å². The van der Waals surface area contributed by atoms with Crippen molar-refractivity contribution in [3.63, 3.8) is 0 Å². The molecule has 0 saturated carbocycles. The Morgan fingerprint density at radius 1 is 0.862 bits per heavy atom. The number of pyridine rings is 2. The quantitative estimate of drug-likeness (QED) is 0.421. The minimum absolute atomic E-state index is 0.786. The van der Waals surface area contributed by atoms with Gasteiger partial charge in [0.05, 0.1) is 28.8 Å². The summed E-state index contributed by atoms with van der Waals surface area (Å²) >= 11 is 0. The predicted octanol–water partition coefficient (Wildman–Crippen LogP) is 4.56. The van der Waals surface area contributed by atoms with Gasteiger partial charge >= 0.3 is 0 Å². The zero-order chi connectivity index (χ0) is 19.2. The molecule has 0 aliphatic carbocycles. The lowest BCUT2D eigenvalue weighted by atomic mass is 10.1. The van der Waals surface area contributed by atoms with Crippen LogP contribution in [0.4, 0.5) is 0 Å². The second-order valence-electron chi connectivity index (χ2n) is 6.82. The van der Waals surface area contributed by atoms with Crippen LogP contribution in [0.3, 0.4) is 0 Å². The highest BCUT2D eigenvalue weighted by Crippen LogP contribution is 2.33. The number of nitrogens with one attached hydrogen (secondary N) is 3. The molecule has 7 heteroatoms. The molecule has 5 aromatic heterocycles. The van der Waals surface area contributed by atoms with Crippen LogP contribution in [-0.2, 0) is 0 Å². The largest absolute Gasteiger partial charge is 0.353 e. The third-order valence-corrected chi connectivity index (χ3v) is 5.06. The molecule has 0 saturated heterocycles. The second kappa shape index (κ2) is 6.13. The fourth-order valence-corrected chi connectivity index (χ4v) is 3.67. The Balaban J connectivity index is 1.54. The van der Waals surface area contributed by atoms with Crippen molar-refractivity contribution in [1.82, 2.24) is 35.3 Å². The zero-order valence-electron chi connectivity index (χ0n) is 15.2. The van der Waals surface area contributed by atoms with E-state index in [0.29, 0.717) is 0 Å². The number of fused-ring (bicyclic) bond motifs is 2. The fraction of sp³-hybridized carbons (Fsp3) is 0. The molecule has 0 atom stereocenters. The van der Waals surface area contributed by atoms with Gasteiger partial charge in [0.1, 0.15) is 11.2 Å². The van der Waals surface area contributed by atoms with Crippen LogP contribution in [-0.4, -0.2) is 35.3 Å². The summed E-state index contributed by atoms with van der Waals surface area (Å²) in [7, 11) is 0. The molecule has 29 heavy (non-hydrogen) atoms. The first-order chi connectivity index (χ1) is 14.4. The number of benzene rings is 1. The van der Waals surface area contributed by atoms with Crippen LogP contribution in [0, 0.1) is 0 Å². The summed E-state index contributed by atoms with van der Waals surface area (Å²) in [6.07, 6.45) is 5.40. The Bertz CT molecular complexity index is 1440. The third kappa shape index (κ3) is 2.52. The van der Waals surface area contributed by atoms with Gasteiger partial charge in [-0.1, -0.05) is 18.2 Å². The molecule has 3 N–H and O–H groups in total. The van der Waals surface area contributed by atoms with Crippen molar-refractivity contribution in [2.45, 2.75) is 0 Å². The van der Waals surface area contributed by atoms with Crippen molar-refractivity contribution in [3.8, 4) is 33.9 Å². The van der Waals surface area contributed by atoms with Crippen molar-refractivity contribution >= 4 is 21.9 Å². The van der Waals surface area contributed by atoms with Gasteiger partial charge in [0.25, 0.3) is 0 Å². The minimum atomic E-state index is 0.786. The van der Waals surface area contributed by atoms with Crippen molar-refractivity contribution < 1.29 is 0 Å². The molecule has 0 aliphatic rings. The van der Waals surface area contributed by atoms with E-state index < -0.39 is 0 Å². The Hall–Kier alpha value is -4.26. The highest BCUT2D eigenvalue weighted by Gasteiger charge is 2.15. The van der Waals surface area contributed by atoms with Gasteiger partial charge in [-0.3, -0.25) is 15.2 Å². The van der Waals surface area contributed by atoms with E-state index >= 15 is 0 Å². The molecule has 0 fully saturated rings. The Morgan fingerprint density at radius 3 is 2.72 bits per heavy atom. The van der Waals surface area contributed by atoms with Gasteiger partial charge in [-0.25, -0.2) is 4.98 Å². The molecule has 6 rings (SSSR count). The number of hydrogen-bond acceptors (Lipinski definition) is 4. The highest BCUT2D eigenvalue weighted by molar-refractivity contribution is 6.00. The van der Waals surface area contributed by atoms with Gasteiger partial charge in [-0.2, -0.15) is 10.2 Å². The lowest BCUT2D eigenvalue weighted by molar-refractivity contribution is 1.09. The summed E-state index contributed by atoms with van der Waals surface area (Å²) in [6, 6.07) is 18.2. The summed E-state index contributed by atoms with van der Waals surface area (Å²) in [5, 5.41) is 15.6. The minimum Gasteiger partial charge on any atom is -0.353 e. The second-order valence-corrected chi connectivity index (χ2v) is 6.82. The van der Waals surface area contributed by atoms with Crippen molar-refractivity contribution in [2.24, 2.45) is 0 Å². The molecule has 0 amide bonds. The SMILES string of the molecule is c1ccc(-c2cccc3[nH]c(-c4n[nH]c5ccc(-c6cn[nH]c6)nc45)cc23)nc1. The van der Waals surface area contributed by atoms with Crippen LogP contribution in [0.2, 0.25) is 0 Å². The molecule has 0 unspecified atom stereocenters. The van der Waals surface area contributed by atoms with Gasteiger partial charge in [0.15, 0.2) is 0 Å². The number of hydrogen-bond donors (Lipinski definition) is 3. The lowest BCUT2D eigenvalue weighted by Gasteiger charge is -2.01. The molecule has 138 valence electrons. The van der Waals surface area contributed by atoms with E-state index in [1.165, 1.54) is 0 Å². The topological polar surface area (TPSA) is 98.9 Å². The van der Waals surface area contributed by atoms with Gasteiger partial charge in [-0.05, 0) is 36.4 Å². The summed E-state index contributed by atoms with van der Waals surface area (Å²) in [5.41, 5.74) is 8.23. The van der Waals surface area contributed by atoms with Gasteiger partial charge < -0.3 is 4.98 Å². The average molecular weight is 377 g/mol. The van der Waals surface area contributed by atoms with E-state index in [2.05, 4.69) is 48.6 Å². The van der Waals surface area contributed by atoms with Gasteiger partial charge in [0, 0.05) is 34.4 Å². The smallest absolute Gasteiger partial charge is 0.135 e. The first-order valence-corrected chi connectivity index (χ1v) is 9.24. The monoisotopic (exact) mass is 377 g/mol. The van der Waals surface area contributed by atoms with E-state index in [4.69, 9.17) is 4.98 Å². The van der Waals surface area contributed by atoms with Crippen LogP contribution in [0.25, 0.3) is 55.8 Å². The fourth-order valence-electron chi connectivity index (χ4n) is 3.67. The Kier molecular flexibility index (Phi) is 3.33. The molecule has 5 heterocycles. The average Bonchev–Trinajstić information content (AvgIpc) is 3.52. The summed E-state index contributed by atoms with van der Waals surface area (Å²) < 4.78 is 0. The maximum atomic E-state index is 4.82. The number of nitrogens with zero attached hydrogens (tertiary/aromatic N) is 4. The molecule has 0 spiro atoms. The molecule has 1 aromatic carbocycles. The van der Waals surface area contributed by atoms with Crippen LogP contribution < -0.4 is 0 Å². The maximum Gasteiger partial charge on any atom is 0.135 e. The third-order valence-electron chi connectivity index (χ3n) is 5.06. The number of aromatic nitrogens is 7.